The predicted molar refractivity (Wildman–Crippen MR) is 73.7 cm³/mol. The van der Waals surface area contributed by atoms with E-state index in [1.807, 2.05) is 11.8 Å². The summed E-state index contributed by atoms with van der Waals surface area (Å²) in [5.74, 6) is 0.124. The first-order valence-corrected chi connectivity index (χ1v) is 7.48. The number of rotatable bonds is 5. The van der Waals surface area contributed by atoms with E-state index in [9.17, 15) is 9.59 Å². The van der Waals surface area contributed by atoms with E-state index in [0.717, 1.165) is 38.8 Å². The summed E-state index contributed by atoms with van der Waals surface area (Å²) < 4.78 is 0. The number of amides is 2. The monoisotopic (exact) mass is 267 g/mol. The molecule has 0 spiro atoms. The first kappa shape index (κ1) is 14.3. The van der Waals surface area contributed by atoms with E-state index in [0.29, 0.717) is 6.04 Å². The highest BCUT2D eigenvalue weighted by Gasteiger charge is 2.23. The van der Waals surface area contributed by atoms with E-state index in [4.69, 9.17) is 0 Å². The van der Waals surface area contributed by atoms with Crippen molar-refractivity contribution >= 4 is 11.8 Å². The Morgan fingerprint density at radius 2 is 1.79 bits per heavy atom. The molecule has 0 radical (unpaired) electrons. The summed E-state index contributed by atoms with van der Waals surface area (Å²) in [4.78, 5) is 25.7. The van der Waals surface area contributed by atoms with E-state index < -0.39 is 0 Å². The molecule has 2 N–H and O–H groups in total. The van der Waals surface area contributed by atoms with Crippen LogP contribution in [0.4, 0.5) is 0 Å². The third-order valence-corrected chi connectivity index (χ3v) is 4.08. The Kier molecular flexibility index (Phi) is 5.19. The maximum atomic E-state index is 12.0. The van der Waals surface area contributed by atoms with Crippen molar-refractivity contribution in [1.29, 1.82) is 0 Å². The Morgan fingerprint density at radius 1 is 1.16 bits per heavy atom. The van der Waals surface area contributed by atoms with Crippen LogP contribution >= 0.6 is 0 Å². The number of likely N-dealkylation sites (tertiary alicyclic amines) is 1. The van der Waals surface area contributed by atoms with Gasteiger partial charge in [-0.3, -0.25) is 14.9 Å². The van der Waals surface area contributed by atoms with Crippen molar-refractivity contribution in [3.63, 3.8) is 0 Å². The molecule has 1 aliphatic heterocycles. The molecule has 1 saturated heterocycles. The standard InChI is InChI=1S/C14H25N3O2/c1-11(14(19)17-8-4-5-9-17)15-10-13(18)16-12-6-2-3-7-12/h11-12,15H,2-10H2,1H3,(H,16,18). The molecule has 108 valence electrons. The van der Waals surface area contributed by atoms with Crippen LogP contribution < -0.4 is 10.6 Å². The normalized spacial score (nSPS) is 21.6. The summed E-state index contributed by atoms with van der Waals surface area (Å²) in [7, 11) is 0. The molecule has 1 aliphatic carbocycles. The molecular formula is C14H25N3O2. The highest BCUT2D eigenvalue weighted by molar-refractivity contribution is 5.83. The van der Waals surface area contributed by atoms with Crippen LogP contribution in [0.1, 0.15) is 45.4 Å². The van der Waals surface area contributed by atoms with Crippen LogP contribution in [-0.2, 0) is 9.59 Å². The third kappa shape index (κ3) is 4.20. The zero-order valence-electron chi connectivity index (χ0n) is 11.8. The fourth-order valence-electron chi connectivity index (χ4n) is 2.89. The van der Waals surface area contributed by atoms with Crippen molar-refractivity contribution in [2.24, 2.45) is 0 Å². The fourth-order valence-corrected chi connectivity index (χ4v) is 2.89. The van der Waals surface area contributed by atoms with Gasteiger partial charge in [0.2, 0.25) is 11.8 Å². The Balaban J connectivity index is 1.65. The van der Waals surface area contributed by atoms with Crippen molar-refractivity contribution in [2.75, 3.05) is 19.6 Å². The second-order valence-corrected chi connectivity index (χ2v) is 5.68. The number of hydrogen-bond donors (Lipinski definition) is 2. The molecule has 0 aromatic carbocycles. The SMILES string of the molecule is CC(NCC(=O)NC1CCCC1)C(=O)N1CCCC1. The second kappa shape index (κ2) is 6.89. The zero-order valence-corrected chi connectivity index (χ0v) is 11.8. The fraction of sp³-hybridized carbons (Fsp3) is 0.857. The van der Waals surface area contributed by atoms with Crippen molar-refractivity contribution in [2.45, 2.75) is 57.5 Å². The summed E-state index contributed by atoms with van der Waals surface area (Å²) in [6.07, 6.45) is 6.80. The maximum absolute atomic E-state index is 12.0. The molecule has 1 atom stereocenters. The Morgan fingerprint density at radius 3 is 2.42 bits per heavy atom. The molecule has 1 heterocycles. The lowest BCUT2D eigenvalue weighted by molar-refractivity contribution is -0.132. The quantitative estimate of drug-likeness (QED) is 0.768. The minimum absolute atomic E-state index is 0.00738. The van der Waals surface area contributed by atoms with Crippen LogP contribution in [0.2, 0.25) is 0 Å². The van der Waals surface area contributed by atoms with E-state index in [2.05, 4.69) is 10.6 Å². The largest absolute Gasteiger partial charge is 0.352 e. The molecule has 19 heavy (non-hydrogen) atoms. The Bertz CT molecular complexity index is 321. The van der Waals surface area contributed by atoms with Crippen molar-refractivity contribution in [3.05, 3.63) is 0 Å². The summed E-state index contributed by atoms with van der Waals surface area (Å²) in [6, 6.07) is 0.0753. The molecule has 0 aromatic rings. The summed E-state index contributed by atoms with van der Waals surface area (Å²) >= 11 is 0. The molecule has 2 fully saturated rings. The van der Waals surface area contributed by atoms with Gasteiger partial charge in [0.05, 0.1) is 12.6 Å². The third-order valence-electron chi connectivity index (χ3n) is 4.08. The van der Waals surface area contributed by atoms with Crippen LogP contribution in [0.15, 0.2) is 0 Å². The molecule has 2 rings (SSSR count). The first-order valence-electron chi connectivity index (χ1n) is 7.48. The predicted octanol–water partition coefficient (Wildman–Crippen LogP) is 0.646. The first-order chi connectivity index (χ1) is 9.16. The van der Waals surface area contributed by atoms with Gasteiger partial charge in [0.1, 0.15) is 0 Å². The Labute approximate surface area is 115 Å². The average molecular weight is 267 g/mol. The van der Waals surface area contributed by atoms with Crippen LogP contribution in [-0.4, -0.2) is 48.4 Å². The zero-order chi connectivity index (χ0) is 13.7. The lowest BCUT2D eigenvalue weighted by Gasteiger charge is -2.21. The molecule has 2 aliphatic rings. The summed E-state index contributed by atoms with van der Waals surface area (Å²) in [6.45, 7) is 3.79. The lowest BCUT2D eigenvalue weighted by atomic mass is 10.2. The molecule has 1 unspecified atom stereocenters. The minimum atomic E-state index is -0.271. The second-order valence-electron chi connectivity index (χ2n) is 5.68. The van der Waals surface area contributed by atoms with Crippen LogP contribution in [0.3, 0.4) is 0 Å². The van der Waals surface area contributed by atoms with Gasteiger partial charge in [-0.05, 0) is 32.6 Å². The maximum Gasteiger partial charge on any atom is 0.239 e. The average Bonchev–Trinajstić information content (AvgIpc) is 3.07. The highest BCUT2D eigenvalue weighted by Crippen LogP contribution is 2.17. The summed E-state index contributed by atoms with van der Waals surface area (Å²) in [5, 5.41) is 6.05. The van der Waals surface area contributed by atoms with Gasteiger partial charge in [0, 0.05) is 19.1 Å². The van der Waals surface area contributed by atoms with Gasteiger partial charge < -0.3 is 10.2 Å². The Hall–Kier alpha value is -1.10. The van der Waals surface area contributed by atoms with Crippen molar-refractivity contribution in [1.82, 2.24) is 15.5 Å². The molecule has 5 nitrogen and oxygen atoms in total. The van der Waals surface area contributed by atoms with Gasteiger partial charge in [-0.1, -0.05) is 12.8 Å². The van der Waals surface area contributed by atoms with Gasteiger partial charge in [-0.2, -0.15) is 0 Å². The van der Waals surface area contributed by atoms with E-state index >= 15 is 0 Å². The van der Waals surface area contributed by atoms with Crippen LogP contribution in [0.5, 0.6) is 0 Å². The van der Waals surface area contributed by atoms with Gasteiger partial charge >= 0.3 is 0 Å². The summed E-state index contributed by atoms with van der Waals surface area (Å²) in [5.41, 5.74) is 0. The number of hydrogen-bond acceptors (Lipinski definition) is 3. The van der Waals surface area contributed by atoms with E-state index in [-0.39, 0.29) is 24.4 Å². The highest BCUT2D eigenvalue weighted by atomic mass is 16.2. The van der Waals surface area contributed by atoms with Crippen molar-refractivity contribution in [3.8, 4) is 0 Å². The van der Waals surface area contributed by atoms with Gasteiger partial charge in [-0.15, -0.1) is 0 Å². The van der Waals surface area contributed by atoms with Crippen molar-refractivity contribution < 1.29 is 9.59 Å². The van der Waals surface area contributed by atoms with Gasteiger partial charge in [0.15, 0.2) is 0 Å². The smallest absolute Gasteiger partial charge is 0.239 e. The number of carbonyl (C=O) groups is 2. The van der Waals surface area contributed by atoms with Gasteiger partial charge in [0.25, 0.3) is 0 Å². The van der Waals surface area contributed by atoms with E-state index in [1.165, 1.54) is 12.8 Å². The number of nitrogens with zero attached hydrogens (tertiary/aromatic N) is 1. The molecule has 1 saturated carbocycles. The topological polar surface area (TPSA) is 61.4 Å². The number of nitrogens with one attached hydrogen (secondary N) is 2. The molecular weight excluding hydrogens is 242 g/mol. The molecule has 0 bridgehead atoms. The van der Waals surface area contributed by atoms with E-state index in [1.54, 1.807) is 0 Å². The minimum Gasteiger partial charge on any atom is -0.352 e. The lowest BCUT2D eigenvalue weighted by Crippen LogP contribution is -2.48. The van der Waals surface area contributed by atoms with Crippen LogP contribution in [0.25, 0.3) is 0 Å². The van der Waals surface area contributed by atoms with Gasteiger partial charge in [-0.25, -0.2) is 0 Å². The molecule has 0 aromatic heterocycles. The number of carbonyl (C=O) groups excluding carboxylic acids is 2. The molecule has 2 amide bonds. The van der Waals surface area contributed by atoms with Crippen LogP contribution in [0, 0.1) is 0 Å². The molecule has 5 heteroatoms.